The van der Waals surface area contributed by atoms with E-state index in [0.29, 0.717) is 12.1 Å². The van der Waals surface area contributed by atoms with Gasteiger partial charge >= 0.3 is 0 Å². The van der Waals surface area contributed by atoms with Crippen LogP contribution in [0.4, 0.5) is 5.69 Å². The topological polar surface area (TPSA) is 68.4 Å². The van der Waals surface area contributed by atoms with Gasteiger partial charge in [-0.25, -0.2) is 0 Å². The van der Waals surface area contributed by atoms with Crippen LogP contribution >= 0.6 is 0 Å². The predicted octanol–water partition coefficient (Wildman–Crippen LogP) is 1.77. The van der Waals surface area contributed by atoms with Crippen molar-refractivity contribution in [1.29, 1.82) is 0 Å². The van der Waals surface area contributed by atoms with Crippen LogP contribution in [0.5, 0.6) is 0 Å². The molecule has 0 radical (unpaired) electrons. The van der Waals surface area contributed by atoms with Gasteiger partial charge in [-0.3, -0.25) is 4.98 Å². The minimum Gasteiger partial charge on any atom is -0.398 e. The molecular weight excluding hydrogens is 216 g/mol. The third-order valence-corrected chi connectivity index (χ3v) is 3.57. The average molecular weight is 238 g/mol. The number of nitrogens with zero attached hydrogens (tertiary/aromatic N) is 1. The van der Waals surface area contributed by atoms with Gasteiger partial charge in [0.2, 0.25) is 0 Å². The van der Waals surface area contributed by atoms with Gasteiger partial charge in [0.25, 0.3) is 0 Å². The molecule has 0 spiro atoms. The molecule has 0 aliphatic heterocycles. The molecule has 0 aliphatic carbocycles. The molecule has 96 valence electrons. The molecule has 1 rings (SSSR count). The van der Waals surface area contributed by atoms with E-state index < -0.39 is 11.7 Å². The quantitative estimate of drug-likeness (QED) is 0.792. The Morgan fingerprint density at radius 2 is 2.12 bits per heavy atom. The molecule has 1 aromatic heterocycles. The normalized spacial score (nSPS) is 13.6. The lowest BCUT2D eigenvalue weighted by atomic mass is 9.86. The Balaban J connectivity index is 2.84. The standard InChI is InChI=1S/C13H22N2O2/c1-4-13(5-2,17-3)12(16)8-10-9-15-7-6-11(10)14/h6-7,9,12,16H,4-5,8H2,1-3H3,(H2,14,15). The molecular formula is C13H22N2O2. The summed E-state index contributed by atoms with van der Waals surface area (Å²) in [5.41, 5.74) is 6.87. The zero-order valence-electron chi connectivity index (χ0n) is 10.8. The summed E-state index contributed by atoms with van der Waals surface area (Å²) in [4.78, 5) is 4.03. The number of aliphatic hydroxyl groups excluding tert-OH is 1. The summed E-state index contributed by atoms with van der Waals surface area (Å²) in [6.45, 7) is 4.03. The van der Waals surface area contributed by atoms with Crippen molar-refractivity contribution in [3.63, 3.8) is 0 Å². The Morgan fingerprint density at radius 1 is 1.47 bits per heavy atom. The first-order valence-corrected chi connectivity index (χ1v) is 6.01. The van der Waals surface area contributed by atoms with Crippen LogP contribution in [-0.2, 0) is 11.2 Å². The predicted molar refractivity (Wildman–Crippen MR) is 68.7 cm³/mol. The number of methoxy groups -OCH3 is 1. The van der Waals surface area contributed by atoms with Gasteiger partial charge in [0.1, 0.15) is 0 Å². The van der Waals surface area contributed by atoms with Crippen molar-refractivity contribution in [3.05, 3.63) is 24.0 Å². The minimum absolute atomic E-state index is 0.467. The molecule has 1 aromatic rings. The van der Waals surface area contributed by atoms with Crippen LogP contribution in [0, 0.1) is 0 Å². The fourth-order valence-corrected chi connectivity index (χ4v) is 2.15. The molecule has 0 bridgehead atoms. The van der Waals surface area contributed by atoms with Crippen LogP contribution in [0.3, 0.4) is 0 Å². The molecule has 3 N–H and O–H groups in total. The highest BCUT2D eigenvalue weighted by Gasteiger charge is 2.34. The second kappa shape index (κ2) is 5.98. The Morgan fingerprint density at radius 3 is 2.59 bits per heavy atom. The molecule has 4 nitrogen and oxygen atoms in total. The van der Waals surface area contributed by atoms with E-state index in [2.05, 4.69) is 4.98 Å². The van der Waals surface area contributed by atoms with Crippen molar-refractivity contribution < 1.29 is 9.84 Å². The van der Waals surface area contributed by atoms with Gasteiger partial charge in [0.05, 0.1) is 11.7 Å². The van der Waals surface area contributed by atoms with E-state index in [4.69, 9.17) is 10.5 Å². The lowest BCUT2D eigenvalue weighted by Gasteiger charge is -2.35. The molecule has 4 heteroatoms. The SMILES string of the molecule is CCC(CC)(OC)C(O)Cc1cnccc1N. The lowest BCUT2D eigenvalue weighted by Crippen LogP contribution is -2.44. The summed E-state index contributed by atoms with van der Waals surface area (Å²) in [6, 6.07) is 1.74. The number of anilines is 1. The summed E-state index contributed by atoms with van der Waals surface area (Å²) in [5.74, 6) is 0. The zero-order valence-corrected chi connectivity index (χ0v) is 10.8. The third-order valence-electron chi connectivity index (χ3n) is 3.57. The largest absolute Gasteiger partial charge is 0.398 e. The molecule has 0 saturated carbocycles. The third kappa shape index (κ3) is 2.96. The first kappa shape index (κ1) is 13.9. The summed E-state index contributed by atoms with van der Waals surface area (Å²) >= 11 is 0. The number of hydrogen-bond donors (Lipinski definition) is 2. The fraction of sp³-hybridized carbons (Fsp3) is 0.615. The van der Waals surface area contributed by atoms with Crippen LogP contribution in [0.1, 0.15) is 32.3 Å². The first-order valence-electron chi connectivity index (χ1n) is 6.01. The van der Waals surface area contributed by atoms with Gasteiger partial charge in [-0.05, 0) is 24.5 Å². The number of nitrogens with two attached hydrogens (primary N) is 1. The van der Waals surface area contributed by atoms with Crippen LogP contribution in [-0.4, -0.2) is 28.9 Å². The molecule has 1 atom stereocenters. The molecule has 0 aliphatic rings. The van der Waals surface area contributed by atoms with Gasteiger partial charge in [-0.1, -0.05) is 13.8 Å². The Kier molecular flexibility index (Phi) is 4.90. The van der Waals surface area contributed by atoms with E-state index in [9.17, 15) is 5.11 Å². The summed E-state index contributed by atoms with van der Waals surface area (Å²) in [7, 11) is 1.64. The maximum absolute atomic E-state index is 10.3. The highest BCUT2D eigenvalue weighted by atomic mass is 16.5. The number of aliphatic hydroxyl groups is 1. The Labute approximate surface area is 103 Å². The van der Waals surface area contributed by atoms with E-state index >= 15 is 0 Å². The van der Waals surface area contributed by atoms with Crippen LogP contribution < -0.4 is 5.73 Å². The molecule has 1 heterocycles. The maximum Gasteiger partial charge on any atom is 0.0934 e. The van der Waals surface area contributed by atoms with Gasteiger partial charge in [0, 0.05) is 31.6 Å². The van der Waals surface area contributed by atoms with Gasteiger partial charge in [-0.2, -0.15) is 0 Å². The number of rotatable bonds is 6. The summed E-state index contributed by atoms with van der Waals surface area (Å²) in [6.07, 6.45) is 4.77. The van der Waals surface area contributed by atoms with E-state index in [1.165, 1.54) is 0 Å². The first-order chi connectivity index (χ1) is 8.09. The van der Waals surface area contributed by atoms with E-state index in [-0.39, 0.29) is 0 Å². The minimum atomic E-state index is -0.575. The van der Waals surface area contributed by atoms with Crippen molar-refractivity contribution in [1.82, 2.24) is 4.98 Å². The second-order valence-electron chi connectivity index (χ2n) is 4.27. The van der Waals surface area contributed by atoms with E-state index in [1.54, 1.807) is 25.6 Å². The summed E-state index contributed by atoms with van der Waals surface area (Å²) < 4.78 is 5.50. The maximum atomic E-state index is 10.3. The summed E-state index contributed by atoms with van der Waals surface area (Å²) in [5, 5.41) is 10.3. The van der Waals surface area contributed by atoms with Crippen molar-refractivity contribution in [2.75, 3.05) is 12.8 Å². The molecule has 17 heavy (non-hydrogen) atoms. The van der Waals surface area contributed by atoms with Crippen molar-refractivity contribution >= 4 is 5.69 Å². The number of ether oxygens (including phenoxy) is 1. The lowest BCUT2D eigenvalue weighted by molar-refractivity contribution is -0.106. The Hall–Kier alpha value is -1.13. The number of pyridine rings is 1. The van der Waals surface area contributed by atoms with Gasteiger partial charge in [-0.15, -0.1) is 0 Å². The van der Waals surface area contributed by atoms with Crippen molar-refractivity contribution in [3.8, 4) is 0 Å². The smallest absolute Gasteiger partial charge is 0.0934 e. The fourth-order valence-electron chi connectivity index (χ4n) is 2.15. The average Bonchev–Trinajstić information content (AvgIpc) is 2.35. The van der Waals surface area contributed by atoms with Gasteiger partial charge in [0.15, 0.2) is 0 Å². The van der Waals surface area contributed by atoms with E-state index in [1.807, 2.05) is 13.8 Å². The molecule has 0 saturated heterocycles. The molecule has 1 unspecified atom stereocenters. The zero-order chi connectivity index (χ0) is 12.9. The number of hydrogen-bond acceptors (Lipinski definition) is 4. The highest BCUT2D eigenvalue weighted by Crippen LogP contribution is 2.27. The molecule has 0 aromatic carbocycles. The highest BCUT2D eigenvalue weighted by molar-refractivity contribution is 5.44. The molecule has 0 amide bonds. The van der Waals surface area contributed by atoms with Crippen molar-refractivity contribution in [2.45, 2.75) is 44.8 Å². The van der Waals surface area contributed by atoms with Gasteiger partial charge < -0.3 is 15.6 Å². The van der Waals surface area contributed by atoms with Crippen molar-refractivity contribution in [2.24, 2.45) is 0 Å². The number of nitrogen functional groups attached to an aromatic ring is 1. The monoisotopic (exact) mass is 238 g/mol. The van der Waals surface area contributed by atoms with Crippen LogP contribution in [0.2, 0.25) is 0 Å². The van der Waals surface area contributed by atoms with Crippen LogP contribution in [0.25, 0.3) is 0 Å². The van der Waals surface area contributed by atoms with E-state index in [0.717, 1.165) is 18.4 Å². The Bertz CT molecular complexity index is 343. The second-order valence-corrected chi connectivity index (χ2v) is 4.27. The molecule has 0 fully saturated rings. The van der Waals surface area contributed by atoms with Crippen LogP contribution in [0.15, 0.2) is 18.5 Å². The number of aromatic nitrogens is 1.